The Hall–Kier alpha value is -0.610. The Morgan fingerprint density at radius 3 is 2.18 bits per heavy atom. The number of methoxy groups -OCH3 is 1. The van der Waals surface area contributed by atoms with Crippen LogP contribution in [0.25, 0.3) is 0 Å². The smallest absolute Gasteiger partial charge is 0.363 e. The number of carbonyl (C=O) groups is 1. The summed E-state index contributed by atoms with van der Waals surface area (Å²) in [5.74, 6) is 1.58. The summed E-state index contributed by atoms with van der Waals surface area (Å²) in [6, 6.07) is 0. The Morgan fingerprint density at radius 2 is 1.65 bits per heavy atom. The largest absolute Gasteiger partial charge is 0.465 e. The molecule has 98 valence electrons. The molecule has 4 nitrogen and oxygen atoms in total. The van der Waals surface area contributed by atoms with Gasteiger partial charge in [0.05, 0.1) is 20.3 Å². The van der Waals surface area contributed by atoms with Crippen molar-refractivity contribution in [1.29, 1.82) is 0 Å². The van der Waals surface area contributed by atoms with Gasteiger partial charge in [0, 0.05) is 5.92 Å². The van der Waals surface area contributed by atoms with Crippen molar-refractivity contribution < 1.29 is 19.0 Å². The zero-order valence-corrected chi connectivity index (χ0v) is 10.7. The van der Waals surface area contributed by atoms with Gasteiger partial charge in [0.2, 0.25) is 0 Å². The molecule has 17 heavy (non-hydrogen) atoms. The van der Waals surface area contributed by atoms with E-state index in [-0.39, 0.29) is 0 Å². The van der Waals surface area contributed by atoms with Crippen molar-refractivity contribution in [3.05, 3.63) is 0 Å². The van der Waals surface area contributed by atoms with Gasteiger partial charge in [-0.3, -0.25) is 0 Å². The van der Waals surface area contributed by atoms with Crippen molar-refractivity contribution in [2.24, 2.45) is 17.8 Å². The lowest BCUT2D eigenvalue weighted by Crippen LogP contribution is -2.41. The minimum Gasteiger partial charge on any atom is -0.465 e. The highest BCUT2D eigenvalue weighted by atomic mass is 16.7. The van der Waals surface area contributed by atoms with E-state index in [2.05, 4.69) is 11.7 Å². The van der Waals surface area contributed by atoms with E-state index in [0.717, 1.165) is 5.92 Å². The third-order valence-electron chi connectivity index (χ3n) is 4.04. The van der Waals surface area contributed by atoms with Gasteiger partial charge in [-0.15, -0.1) is 0 Å². The molecule has 0 N–H and O–H groups in total. The quantitative estimate of drug-likeness (QED) is 0.694. The zero-order chi connectivity index (χ0) is 12.3. The Kier molecular flexibility index (Phi) is 4.40. The summed E-state index contributed by atoms with van der Waals surface area (Å²) < 4.78 is 15.4. The highest BCUT2D eigenvalue weighted by Crippen LogP contribution is 2.34. The molecule has 0 radical (unpaired) electrons. The predicted octanol–water partition coefficient (Wildman–Crippen LogP) is 1.97. The fraction of sp³-hybridized carbons (Fsp3) is 0.923. The standard InChI is InChI=1S/C13H22O4/c1-9-3-5-10(6-4-9)11-7-16-13(17-8-11)12(14)15-2/h9-11,13H,3-8H2,1-2H3. The first kappa shape index (κ1) is 12.8. The topological polar surface area (TPSA) is 44.8 Å². The van der Waals surface area contributed by atoms with Crippen LogP contribution in [-0.2, 0) is 19.0 Å². The molecule has 2 fully saturated rings. The lowest BCUT2D eigenvalue weighted by Gasteiger charge is -2.36. The number of rotatable bonds is 2. The van der Waals surface area contributed by atoms with E-state index >= 15 is 0 Å². The Morgan fingerprint density at radius 1 is 1.06 bits per heavy atom. The maximum absolute atomic E-state index is 11.2. The van der Waals surface area contributed by atoms with Crippen LogP contribution in [0.5, 0.6) is 0 Å². The molecular weight excluding hydrogens is 220 g/mol. The van der Waals surface area contributed by atoms with Gasteiger partial charge < -0.3 is 14.2 Å². The van der Waals surface area contributed by atoms with Crippen molar-refractivity contribution in [1.82, 2.24) is 0 Å². The summed E-state index contributed by atoms with van der Waals surface area (Å²) in [5.41, 5.74) is 0. The Balaban J connectivity index is 1.77. The van der Waals surface area contributed by atoms with E-state index in [1.807, 2.05) is 0 Å². The SMILES string of the molecule is COC(=O)C1OCC(C2CCC(C)CC2)CO1. The van der Waals surface area contributed by atoms with Gasteiger partial charge in [-0.1, -0.05) is 19.8 Å². The van der Waals surface area contributed by atoms with Crippen molar-refractivity contribution in [3.63, 3.8) is 0 Å². The molecule has 1 heterocycles. The molecular formula is C13H22O4. The minimum absolute atomic E-state index is 0.430. The van der Waals surface area contributed by atoms with E-state index in [1.165, 1.54) is 32.8 Å². The second-order valence-electron chi connectivity index (χ2n) is 5.30. The van der Waals surface area contributed by atoms with Gasteiger partial charge in [0.1, 0.15) is 0 Å². The summed E-state index contributed by atoms with van der Waals surface area (Å²) in [6.45, 7) is 3.56. The first-order chi connectivity index (χ1) is 8.20. The van der Waals surface area contributed by atoms with E-state index in [9.17, 15) is 4.79 Å². The molecule has 0 aromatic rings. The van der Waals surface area contributed by atoms with Gasteiger partial charge in [0.15, 0.2) is 0 Å². The molecule has 1 saturated heterocycles. The Bertz CT molecular complexity index is 250. The number of hydrogen-bond donors (Lipinski definition) is 0. The van der Waals surface area contributed by atoms with Crippen molar-refractivity contribution in [3.8, 4) is 0 Å². The predicted molar refractivity (Wildman–Crippen MR) is 62.3 cm³/mol. The summed E-state index contributed by atoms with van der Waals surface area (Å²) in [7, 11) is 1.35. The molecule has 0 spiro atoms. The molecule has 0 bridgehead atoms. The molecule has 1 aliphatic carbocycles. The molecule has 2 aliphatic rings. The average Bonchev–Trinajstić information content (AvgIpc) is 2.39. The highest BCUT2D eigenvalue weighted by Gasteiger charge is 2.33. The summed E-state index contributed by atoms with van der Waals surface area (Å²) >= 11 is 0. The lowest BCUT2D eigenvalue weighted by atomic mass is 9.76. The molecule has 0 atom stereocenters. The van der Waals surface area contributed by atoms with Crippen molar-refractivity contribution >= 4 is 5.97 Å². The van der Waals surface area contributed by atoms with Gasteiger partial charge in [-0.05, 0) is 24.7 Å². The fourth-order valence-corrected chi connectivity index (χ4v) is 2.78. The van der Waals surface area contributed by atoms with E-state index in [1.54, 1.807) is 0 Å². The van der Waals surface area contributed by atoms with Gasteiger partial charge in [0.25, 0.3) is 6.29 Å². The maximum atomic E-state index is 11.2. The van der Waals surface area contributed by atoms with Gasteiger partial charge in [-0.25, -0.2) is 4.79 Å². The number of hydrogen-bond acceptors (Lipinski definition) is 4. The second kappa shape index (κ2) is 5.83. The van der Waals surface area contributed by atoms with Crippen LogP contribution in [-0.4, -0.2) is 32.6 Å². The van der Waals surface area contributed by atoms with E-state index in [4.69, 9.17) is 9.47 Å². The number of carbonyl (C=O) groups excluding carboxylic acids is 1. The van der Waals surface area contributed by atoms with Crippen LogP contribution in [0.1, 0.15) is 32.6 Å². The third-order valence-corrected chi connectivity index (χ3v) is 4.04. The first-order valence-electron chi connectivity index (χ1n) is 6.51. The first-order valence-corrected chi connectivity index (χ1v) is 6.51. The molecule has 1 saturated carbocycles. The normalized spacial score (nSPS) is 38.7. The Labute approximate surface area is 103 Å². The third kappa shape index (κ3) is 3.19. The fourth-order valence-electron chi connectivity index (χ4n) is 2.78. The number of ether oxygens (including phenoxy) is 3. The molecule has 0 aromatic carbocycles. The zero-order valence-electron chi connectivity index (χ0n) is 10.7. The molecule has 0 unspecified atom stereocenters. The van der Waals surface area contributed by atoms with Gasteiger partial charge in [-0.2, -0.15) is 0 Å². The molecule has 4 heteroatoms. The molecule has 0 aromatic heterocycles. The van der Waals surface area contributed by atoms with Crippen LogP contribution in [0.15, 0.2) is 0 Å². The number of esters is 1. The minimum atomic E-state index is -0.807. The van der Waals surface area contributed by atoms with Crippen molar-refractivity contribution in [2.75, 3.05) is 20.3 Å². The maximum Gasteiger partial charge on any atom is 0.363 e. The van der Waals surface area contributed by atoms with Crippen LogP contribution in [0.4, 0.5) is 0 Å². The monoisotopic (exact) mass is 242 g/mol. The van der Waals surface area contributed by atoms with Crippen molar-refractivity contribution in [2.45, 2.75) is 38.9 Å². The second-order valence-corrected chi connectivity index (χ2v) is 5.30. The highest BCUT2D eigenvalue weighted by molar-refractivity contribution is 5.73. The van der Waals surface area contributed by atoms with Crippen LogP contribution >= 0.6 is 0 Å². The molecule has 1 aliphatic heterocycles. The van der Waals surface area contributed by atoms with Crippen LogP contribution in [0.3, 0.4) is 0 Å². The van der Waals surface area contributed by atoms with E-state index in [0.29, 0.717) is 25.0 Å². The molecule has 2 rings (SSSR count). The molecule has 0 amide bonds. The summed E-state index contributed by atoms with van der Waals surface area (Å²) in [4.78, 5) is 11.2. The van der Waals surface area contributed by atoms with Crippen LogP contribution < -0.4 is 0 Å². The van der Waals surface area contributed by atoms with Gasteiger partial charge >= 0.3 is 5.97 Å². The summed E-state index contributed by atoms with van der Waals surface area (Å²) in [6.07, 6.45) is 4.34. The van der Waals surface area contributed by atoms with Crippen LogP contribution in [0, 0.1) is 17.8 Å². The van der Waals surface area contributed by atoms with E-state index < -0.39 is 12.3 Å². The summed E-state index contributed by atoms with van der Waals surface area (Å²) in [5, 5.41) is 0. The van der Waals surface area contributed by atoms with Crippen LogP contribution in [0.2, 0.25) is 0 Å². The average molecular weight is 242 g/mol. The lowest BCUT2D eigenvalue weighted by molar-refractivity contribution is -0.225.